The fraction of sp³-hybridized carbons (Fsp3) is 0.450. The maximum absolute atomic E-state index is 10.9. The third-order valence-corrected chi connectivity index (χ3v) is 4.85. The minimum absolute atomic E-state index is 0.272. The van der Waals surface area contributed by atoms with Crippen LogP contribution in [-0.2, 0) is 11.2 Å². The van der Waals surface area contributed by atoms with Crippen molar-refractivity contribution in [2.45, 2.75) is 19.3 Å². The number of carboxylic acid groups (broad SMARTS) is 1. The standard InChI is InChI=1S/C20H25N3O3/c1-26-10-9-23-8-2-3-15(14-23)11-18-12-22-19(13-21-18)16-4-6-17(7-5-16)20(24)25/h4-7,12-13,15H,2-3,8-11,14H2,1H3,(H,24,25). The lowest BCUT2D eigenvalue weighted by Gasteiger charge is -2.32. The largest absolute Gasteiger partial charge is 0.478 e. The van der Waals surface area contributed by atoms with E-state index in [1.165, 1.54) is 12.8 Å². The zero-order valence-corrected chi connectivity index (χ0v) is 15.1. The van der Waals surface area contributed by atoms with Crippen molar-refractivity contribution < 1.29 is 14.6 Å². The first-order chi connectivity index (χ1) is 12.7. The monoisotopic (exact) mass is 355 g/mol. The van der Waals surface area contributed by atoms with E-state index < -0.39 is 5.97 Å². The molecule has 6 heteroatoms. The van der Waals surface area contributed by atoms with E-state index in [-0.39, 0.29) is 5.56 Å². The van der Waals surface area contributed by atoms with Gasteiger partial charge < -0.3 is 14.7 Å². The van der Waals surface area contributed by atoms with E-state index in [0.29, 0.717) is 5.92 Å². The van der Waals surface area contributed by atoms with Crippen LogP contribution in [0.4, 0.5) is 0 Å². The molecule has 2 heterocycles. The van der Waals surface area contributed by atoms with Gasteiger partial charge in [-0.3, -0.25) is 9.97 Å². The third-order valence-electron chi connectivity index (χ3n) is 4.85. The molecule has 0 saturated carbocycles. The molecule has 26 heavy (non-hydrogen) atoms. The summed E-state index contributed by atoms with van der Waals surface area (Å²) in [6.45, 7) is 4.01. The molecule has 1 aliphatic heterocycles. The molecule has 1 fully saturated rings. The number of nitrogens with zero attached hydrogens (tertiary/aromatic N) is 3. The Morgan fingerprint density at radius 1 is 1.27 bits per heavy atom. The zero-order valence-electron chi connectivity index (χ0n) is 15.1. The number of likely N-dealkylation sites (tertiary alicyclic amines) is 1. The molecule has 0 aliphatic carbocycles. The number of aromatic nitrogens is 2. The molecule has 1 N–H and O–H groups in total. The molecule has 1 unspecified atom stereocenters. The SMILES string of the molecule is COCCN1CCCC(Cc2cnc(-c3ccc(C(=O)O)cc3)cn2)C1. The van der Waals surface area contributed by atoms with E-state index >= 15 is 0 Å². The smallest absolute Gasteiger partial charge is 0.335 e. The molecule has 1 aromatic carbocycles. The number of carbonyl (C=O) groups is 1. The fourth-order valence-electron chi connectivity index (χ4n) is 3.43. The van der Waals surface area contributed by atoms with Gasteiger partial charge in [0, 0.05) is 32.0 Å². The van der Waals surface area contributed by atoms with E-state index in [9.17, 15) is 4.79 Å². The molecule has 138 valence electrons. The molecule has 3 rings (SSSR count). The Labute approximate surface area is 153 Å². The van der Waals surface area contributed by atoms with Gasteiger partial charge in [0.1, 0.15) is 0 Å². The molecule has 2 aromatic rings. The number of aromatic carboxylic acids is 1. The first kappa shape index (κ1) is 18.5. The normalized spacial score (nSPS) is 18.0. The van der Waals surface area contributed by atoms with Crippen LogP contribution in [0.25, 0.3) is 11.3 Å². The van der Waals surface area contributed by atoms with Crippen molar-refractivity contribution in [2.24, 2.45) is 5.92 Å². The molecule has 0 radical (unpaired) electrons. The van der Waals surface area contributed by atoms with Crippen LogP contribution in [0, 0.1) is 5.92 Å². The van der Waals surface area contributed by atoms with Crippen molar-refractivity contribution in [2.75, 3.05) is 33.4 Å². The molecule has 1 aliphatic rings. The van der Waals surface area contributed by atoms with E-state index in [2.05, 4.69) is 14.9 Å². The van der Waals surface area contributed by atoms with Crippen LogP contribution < -0.4 is 0 Å². The number of benzene rings is 1. The van der Waals surface area contributed by atoms with Gasteiger partial charge in [-0.25, -0.2) is 4.79 Å². The van der Waals surface area contributed by atoms with Crippen molar-refractivity contribution in [1.29, 1.82) is 0 Å². The Kier molecular flexibility index (Phi) is 6.30. The van der Waals surface area contributed by atoms with Crippen molar-refractivity contribution in [3.05, 3.63) is 47.9 Å². The van der Waals surface area contributed by atoms with Gasteiger partial charge in [-0.1, -0.05) is 12.1 Å². The second-order valence-electron chi connectivity index (χ2n) is 6.78. The number of carboxylic acids is 1. The quantitative estimate of drug-likeness (QED) is 0.823. The highest BCUT2D eigenvalue weighted by molar-refractivity contribution is 5.88. The Balaban J connectivity index is 1.59. The van der Waals surface area contributed by atoms with Gasteiger partial charge in [0.2, 0.25) is 0 Å². The highest BCUT2D eigenvalue weighted by Gasteiger charge is 2.20. The van der Waals surface area contributed by atoms with Crippen LogP contribution in [0.5, 0.6) is 0 Å². The summed E-state index contributed by atoms with van der Waals surface area (Å²) in [6.07, 6.45) is 7.00. The van der Waals surface area contributed by atoms with E-state index in [0.717, 1.165) is 49.6 Å². The summed E-state index contributed by atoms with van der Waals surface area (Å²) < 4.78 is 5.18. The number of hydrogen-bond donors (Lipinski definition) is 1. The van der Waals surface area contributed by atoms with Gasteiger partial charge in [-0.05, 0) is 43.9 Å². The summed E-state index contributed by atoms with van der Waals surface area (Å²) in [5.41, 5.74) is 2.91. The van der Waals surface area contributed by atoms with E-state index in [1.54, 1.807) is 37.6 Å². The molecule has 1 atom stereocenters. The van der Waals surface area contributed by atoms with Crippen LogP contribution in [0.3, 0.4) is 0 Å². The Morgan fingerprint density at radius 3 is 2.73 bits per heavy atom. The lowest BCUT2D eigenvalue weighted by Crippen LogP contribution is -2.38. The summed E-state index contributed by atoms with van der Waals surface area (Å²) in [5.74, 6) is -0.319. The van der Waals surface area contributed by atoms with Gasteiger partial charge >= 0.3 is 5.97 Å². The van der Waals surface area contributed by atoms with Crippen LogP contribution in [-0.4, -0.2) is 59.3 Å². The minimum Gasteiger partial charge on any atom is -0.478 e. The molecule has 6 nitrogen and oxygen atoms in total. The van der Waals surface area contributed by atoms with Crippen LogP contribution >= 0.6 is 0 Å². The van der Waals surface area contributed by atoms with Crippen molar-refractivity contribution in [1.82, 2.24) is 14.9 Å². The van der Waals surface area contributed by atoms with Crippen LogP contribution in [0.15, 0.2) is 36.7 Å². The Morgan fingerprint density at radius 2 is 2.08 bits per heavy atom. The maximum Gasteiger partial charge on any atom is 0.335 e. The minimum atomic E-state index is -0.926. The molecular weight excluding hydrogens is 330 g/mol. The summed E-state index contributed by atoms with van der Waals surface area (Å²) in [7, 11) is 1.74. The second-order valence-corrected chi connectivity index (χ2v) is 6.78. The molecular formula is C20H25N3O3. The molecule has 0 spiro atoms. The van der Waals surface area contributed by atoms with Gasteiger partial charge in [0.05, 0.1) is 29.8 Å². The maximum atomic E-state index is 10.9. The van der Waals surface area contributed by atoms with Crippen LogP contribution in [0.2, 0.25) is 0 Å². The molecule has 0 bridgehead atoms. The second kappa shape index (κ2) is 8.87. The highest BCUT2D eigenvalue weighted by atomic mass is 16.5. The summed E-state index contributed by atoms with van der Waals surface area (Å²) in [6, 6.07) is 6.71. The summed E-state index contributed by atoms with van der Waals surface area (Å²) in [5, 5.41) is 8.97. The third kappa shape index (κ3) is 4.86. The average molecular weight is 355 g/mol. The Hall–Kier alpha value is -2.31. The van der Waals surface area contributed by atoms with Crippen molar-refractivity contribution in [3.8, 4) is 11.3 Å². The summed E-state index contributed by atoms with van der Waals surface area (Å²) >= 11 is 0. The topological polar surface area (TPSA) is 75.5 Å². The average Bonchev–Trinajstić information content (AvgIpc) is 2.67. The predicted octanol–water partition coefficient (Wildman–Crippen LogP) is 2.74. The first-order valence-corrected chi connectivity index (χ1v) is 9.01. The molecule has 1 aromatic heterocycles. The van der Waals surface area contributed by atoms with Gasteiger partial charge in [-0.2, -0.15) is 0 Å². The zero-order chi connectivity index (χ0) is 18.4. The molecule has 0 amide bonds. The number of piperidine rings is 1. The lowest BCUT2D eigenvalue weighted by atomic mass is 9.93. The van der Waals surface area contributed by atoms with Gasteiger partial charge in [0.25, 0.3) is 0 Å². The number of methoxy groups -OCH3 is 1. The van der Waals surface area contributed by atoms with Gasteiger partial charge in [-0.15, -0.1) is 0 Å². The Bertz CT molecular complexity index is 716. The van der Waals surface area contributed by atoms with Crippen LogP contribution in [0.1, 0.15) is 28.9 Å². The highest BCUT2D eigenvalue weighted by Crippen LogP contribution is 2.21. The van der Waals surface area contributed by atoms with Crippen molar-refractivity contribution in [3.63, 3.8) is 0 Å². The number of ether oxygens (including phenoxy) is 1. The van der Waals surface area contributed by atoms with Crippen molar-refractivity contribution >= 4 is 5.97 Å². The first-order valence-electron chi connectivity index (χ1n) is 9.01. The van der Waals surface area contributed by atoms with Gasteiger partial charge in [0.15, 0.2) is 0 Å². The number of rotatable bonds is 7. The predicted molar refractivity (Wildman–Crippen MR) is 99.2 cm³/mol. The van der Waals surface area contributed by atoms with E-state index in [4.69, 9.17) is 9.84 Å². The fourth-order valence-corrected chi connectivity index (χ4v) is 3.43. The molecule has 1 saturated heterocycles. The number of hydrogen-bond acceptors (Lipinski definition) is 5. The summed E-state index contributed by atoms with van der Waals surface area (Å²) in [4.78, 5) is 22.5. The van der Waals surface area contributed by atoms with E-state index in [1.807, 2.05) is 6.20 Å². The lowest BCUT2D eigenvalue weighted by molar-refractivity contribution is 0.0697.